The Labute approximate surface area is 103 Å². The van der Waals surface area contributed by atoms with Gasteiger partial charge in [-0.05, 0) is 12.8 Å². The predicted octanol–water partition coefficient (Wildman–Crippen LogP) is -0.160. The number of nitrogens with two attached hydrogens (primary N) is 1. The van der Waals surface area contributed by atoms with E-state index in [1.54, 1.807) is 14.2 Å². The van der Waals surface area contributed by atoms with Crippen LogP contribution in [0.5, 0.6) is 0 Å². The average molecular weight is 244 g/mol. The van der Waals surface area contributed by atoms with Crippen LogP contribution in [-0.4, -0.2) is 69.7 Å². The highest BCUT2D eigenvalue weighted by atomic mass is 16.5. The van der Waals surface area contributed by atoms with Crippen molar-refractivity contribution < 1.29 is 14.2 Å². The first-order chi connectivity index (χ1) is 8.17. The van der Waals surface area contributed by atoms with Crippen LogP contribution in [0, 0.1) is 0 Å². The lowest BCUT2D eigenvalue weighted by atomic mass is 9.91. The van der Waals surface area contributed by atoms with E-state index in [-0.39, 0.29) is 17.7 Å². The highest BCUT2D eigenvalue weighted by Crippen LogP contribution is 2.23. The van der Waals surface area contributed by atoms with Gasteiger partial charge in [0.25, 0.3) is 0 Å². The highest BCUT2D eigenvalue weighted by molar-refractivity contribution is 4.94. The first-order valence-corrected chi connectivity index (χ1v) is 6.31. The Balaban J connectivity index is 1.87. The summed E-state index contributed by atoms with van der Waals surface area (Å²) in [5.41, 5.74) is 6.31. The summed E-state index contributed by atoms with van der Waals surface area (Å²) in [4.78, 5) is 2.35. The lowest BCUT2D eigenvalue weighted by Crippen LogP contribution is -2.53. The molecule has 0 saturated carbocycles. The Morgan fingerprint density at radius 3 is 2.18 bits per heavy atom. The van der Waals surface area contributed by atoms with Gasteiger partial charge in [0.2, 0.25) is 0 Å². The Bertz CT molecular complexity index is 232. The molecule has 5 nitrogen and oxygen atoms in total. The summed E-state index contributed by atoms with van der Waals surface area (Å²) >= 11 is 0. The number of nitrogens with zero attached hydrogens (tertiary/aromatic N) is 1. The van der Waals surface area contributed by atoms with Gasteiger partial charge < -0.3 is 19.9 Å². The molecule has 2 rings (SSSR count). The van der Waals surface area contributed by atoms with Crippen LogP contribution in [0.2, 0.25) is 0 Å². The SMILES string of the molecule is COC1CN(CC2(N)CCOCC2)CC1OC. The summed E-state index contributed by atoms with van der Waals surface area (Å²) < 4.78 is 16.2. The Hall–Kier alpha value is -0.200. The number of hydrogen-bond acceptors (Lipinski definition) is 5. The molecular formula is C12H24N2O3. The third-order valence-corrected chi connectivity index (χ3v) is 3.92. The molecular weight excluding hydrogens is 220 g/mol. The minimum atomic E-state index is -0.0980. The van der Waals surface area contributed by atoms with Crippen molar-refractivity contribution in [2.75, 3.05) is 47.1 Å². The van der Waals surface area contributed by atoms with Gasteiger partial charge >= 0.3 is 0 Å². The van der Waals surface area contributed by atoms with Crippen LogP contribution in [0.3, 0.4) is 0 Å². The van der Waals surface area contributed by atoms with E-state index in [1.807, 2.05) is 0 Å². The van der Waals surface area contributed by atoms with Gasteiger partial charge in [0, 0.05) is 52.6 Å². The summed E-state index contributed by atoms with van der Waals surface area (Å²) in [6, 6.07) is 0. The van der Waals surface area contributed by atoms with Crippen molar-refractivity contribution in [3.05, 3.63) is 0 Å². The molecule has 2 atom stereocenters. The van der Waals surface area contributed by atoms with Crippen molar-refractivity contribution >= 4 is 0 Å². The van der Waals surface area contributed by atoms with E-state index in [1.165, 1.54) is 0 Å². The first-order valence-electron chi connectivity index (χ1n) is 6.31. The van der Waals surface area contributed by atoms with Crippen molar-refractivity contribution in [2.45, 2.75) is 30.6 Å². The number of likely N-dealkylation sites (tertiary alicyclic amines) is 1. The normalized spacial score (nSPS) is 34.1. The summed E-state index contributed by atoms with van der Waals surface area (Å²) in [7, 11) is 3.49. The van der Waals surface area contributed by atoms with Crippen LogP contribution in [0.1, 0.15) is 12.8 Å². The fourth-order valence-electron chi connectivity index (χ4n) is 2.78. The molecule has 2 N–H and O–H groups in total. The van der Waals surface area contributed by atoms with Gasteiger partial charge in [-0.2, -0.15) is 0 Å². The van der Waals surface area contributed by atoms with E-state index in [4.69, 9.17) is 19.9 Å². The fraction of sp³-hybridized carbons (Fsp3) is 1.00. The largest absolute Gasteiger partial charge is 0.381 e. The molecule has 2 saturated heterocycles. The molecule has 2 aliphatic heterocycles. The molecule has 0 radical (unpaired) electrons. The van der Waals surface area contributed by atoms with Crippen molar-refractivity contribution in [1.82, 2.24) is 4.90 Å². The molecule has 0 bridgehead atoms. The minimum Gasteiger partial charge on any atom is -0.381 e. The van der Waals surface area contributed by atoms with Crippen molar-refractivity contribution in [1.29, 1.82) is 0 Å². The van der Waals surface area contributed by atoms with E-state index >= 15 is 0 Å². The van der Waals surface area contributed by atoms with Gasteiger partial charge in [-0.15, -0.1) is 0 Å². The number of rotatable bonds is 4. The molecule has 0 amide bonds. The van der Waals surface area contributed by atoms with E-state index in [0.29, 0.717) is 0 Å². The topological polar surface area (TPSA) is 57.0 Å². The second kappa shape index (κ2) is 5.63. The molecule has 2 unspecified atom stereocenters. The third-order valence-electron chi connectivity index (χ3n) is 3.92. The molecule has 0 spiro atoms. The third kappa shape index (κ3) is 3.17. The van der Waals surface area contributed by atoms with Crippen LogP contribution in [0.4, 0.5) is 0 Å². The fourth-order valence-corrected chi connectivity index (χ4v) is 2.78. The van der Waals surface area contributed by atoms with E-state index < -0.39 is 0 Å². The molecule has 0 aliphatic carbocycles. The summed E-state index contributed by atoms with van der Waals surface area (Å²) in [5.74, 6) is 0. The van der Waals surface area contributed by atoms with E-state index in [9.17, 15) is 0 Å². The molecule has 5 heteroatoms. The van der Waals surface area contributed by atoms with Gasteiger partial charge in [-0.1, -0.05) is 0 Å². The Kier molecular flexibility index (Phi) is 4.38. The monoisotopic (exact) mass is 244 g/mol. The second-order valence-corrected chi connectivity index (χ2v) is 5.22. The maximum atomic E-state index is 6.41. The lowest BCUT2D eigenvalue weighted by molar-refractivity contribution is -0.00461. The van der Waals surface area contributed by atoms with Gasteiger partial charge in [-0.25, -0.2) is 0 Å². The van der Waals surface area contributed by atoms with Gasteiger partial charge in [0.05, 0.1) is 12.2 Å². The Morgan fingerprint density at radius 2 is 1.71 bits per heavy atom. The second-order valence-electron chi connectivity index (χ2n) is 5.22. The molecule has 2 fully saturated rings. The Morgan fingerprint density at radius 1 is 1.18 bits per heavy atom. The maximum absolute atomic E-state index is 6.41. The van der Waals surface area contributed by atoms with E-state index in [2.05, 4.69) is 4.90 Å². The van der Waals surface area contributed by atoms with E-state index in [0.717, 1.165) is 45.7 Å². The van der Waals surface area contributed by atoms with Gasteiger partial charge in [-0.3, -0.25) is 4.90 Å². The van der Waals surface area contributed by atoms with Crippen LogP contribution in [0.25, 0.3) is 0 Å². The average Bonchev–Trinajstić information content (AvgIpc) is 2.71. The van der Waals surface area contributed by atoms with Crippen LogP contribution in [0.15, 0.2) is 0 Å². The molecule has 0 aromatic heterocycles. The zero-order valence-electron chi connectivity index (χ0n) is 10.9. The first kappa shape index (κ1) is 13.2. The smallest absolute Gasteiger partial charge is 0.0971 e. The summed E-state index contributed by atoms with van der Waals surface area (Å²) in [5, 5.41) is 0. The zero-order chi connectivity index (χ0) is 12.3. The van der Waals surface area contributed by atoms with Crippen LogP contribution < -0.4 is 5.73 Å². The van der Waals surface area contributed by atoms with Gasteiger partial charge in [0.1, 0.15) is 0 Å². The summed E-state index contributed by atoms with van der Waals surface area (Å²) in [6.45, 7) is 4.30. The van der Waals surface area contributed by atoms with Crippen molar-refractivity contribution in [3.8, 4) is 0 Å². The van der Waals surface area contributed by atoms with Crippen LogP contribution in [-0.2, 0) is 14.2 Å². The maximum Gasteiger partial charge on any atom is 0.0971 e. The lowest BCUT2D eigenvalue weighted by Gasteiger charge is -2.36. The van der Waals surface area contributed by atoms with Crippen molar-refractivity contribution in [2.24, 2.45) is 5.73 Å². The summed E-state index contributed by atoms with van der Waals surface area (Å²) in [6.07, 6.45) is 2.23. The quantitative estimate of drug-likeness (QED) is 0.745. The molecule has 100 valence electrons. The molecule has 17 heavy (non-hydrogen) atoms. The van der Waals surface area contributed by atoms with Gasteiger partial charge in [0.15, 0.2) is 0 Å². The number of ether oxygens (including phenoxy) is 3. The molecule has 2 aliphatic rings. The standard InChI is InChI=1S/C12H24N2O3/c1-15-10-7-14(8-11(10)16-2)9-12(13)3-5-17-6-4-12/h10-11H,3-9,13H2,1-2H3. The molecule has 0 aromatic carbocycles. The molecule has 0 aromatic rings. The van der Waals surface area contributed by atoms with Crippen LogP contribution >= 0.6 is 0 Å². The minimum absolute atomic E-state index is 0.0980. The predicted molar refractivity (Wildman–Crippen MR) is 65.0 cm³/mol. The number of hydrogen-bond donors (Lipinski definition) is 1. The highest BCUT2D eigenvalue weighted by Gasteiger charge is 2.37. The van der Waals surface area contributed by atoms with Crippen molar-refractivity contribution in [3.63, 3.8) is 0 Å². The zero-order valence-corrected chi connectivity index (χ0v) is 10.9. The number of methoxy groups -OCH3 is 2. The molecule has 2 heterocycles.